The third kappa shape index (κ3) is 3.63. The molecule has 5 heteroatoms. The summed E-state index contributed by atoms with van der Waals surface area (Å²) in [5.41, 5.74) is 4.40. The fourth-order valence-electron chi connectivity index (χ4n) is 2.02. The number of aromatic nitrogens is 3. The second-order valence-corrected chi connectivity index (χ2v) is 6.85. The van der Waals surface area contributed by atoms with Gasteiger partial charge < -0.3 is 5.32 Å². The highest BCUT2D eigenvalue weighted by Crippen LogP contribution is 2.21. The topological polar surface area (TPSA) is 42.7 Å². The molecule has 0 aromatic carbocycles. The van der Waals surface area contributed by atoms with Crippen molar-refractivity contribution in [2.24, 2.45) is 0 Å². The minimum absolute atomic E-state index is 0.0432. The molecular weight excluding hydrogens is 284 g/mol. The summed E-state index contributed by atoms with van der Waals surface area (Å²) >= 11 is 6.26. The Kier molecular flexibility index (Phi) is 4.40. The summed E-state index contributed by atoms with van der Waals surface area (Å²) in [7, 11) is 0. The number of hydrogen-bond acceptors (Lipinski definition) is 3. The van der Waals surface area contributed by atoms with Gasteiger partial charge in [0.2, 0.25) is 0 Å². The Labute approximate surface area is 131 Å². The lowest BCUT2D eigenvalue weighted by molar-refractivity contribution is 0.424. The average molecular weight is 307 g/mol. The molecule has 0 fully saturated rings. The maximum Gasteiger partial charge on any atom is 0.154 e. The summed E-state index contributed by atoms with van der Waals surface area (Å²) < 4.78 is 1.88. The van der Waals surface area contributed by atoms with Crippen LogP contribution in [0.1, 0.15) is 43.3 Å². The van der Waals surface area contributed by atoms with Crippen LogP contribution < -0.4 is 5.32 Å². The van der Waals surface area contributed by atoms with Gasteiger partial charge in [-0.15, -0.1) is 0 Å². The van der Waals surface area contributed by atoms with E-state index >= 15 is 0 Å². The number of nitrogens with zero attached hydrogens (tertiary/aromatic N) is 3. The number of nitrogens with one attached hydrogen (secondary N) is 1. The van der Waals surface area contributed by atoms with Gasteiger partial charge in [0.1, 0.15) is 0 Å². The molecule has 0 unspecified atom stereocenters. The molecule has 2 rings (SSSR count). The zero-order valence-corrected chi connectivity index (χ0v) is 14.3. The molecule has 0 spiro atoms. The minimum atomic E-state index is 0.0432. The van der Waals surface area contributed by atoms with Crippen molar-refractivity contribution in [3.05, 3.63) is 39.8 Å². The highest BCUT2D eigenvalue weighted by atomic mass is 35.5. The van der Waals surface area contributed by atoms with Crippen LogP contribution in [0, 0.1) is 20.8 Å². The van der Waals surface area contributed by atoms with Crippen molar-refractivity contribution in [2.45, 2.75) is 53.6 Å². The van der Waals surface area contributed by atoms with E-state index in [0.29, 0.717) is 11.6 Å². The van der Waals surface area contributed by atoms with Crippen molar-refractivity contribution in [1.29, 1.82) is 0 Å². The highest BCUT2D eigenvalue weighted by Gasteiger charge is 2.14. The number of pyridine rings is 1. The van der Waals surface area contributed by atoms with Crippen LogP contribution in [-0.4, -0.2) is 20.3 Å². The molecule has 2 aromatic heterocycles. The van der Waals surface area contributed by atoms with E-state index in [1.807, 2.05) is 17.7 Å². The lowest BCUT2D eigenvalue weighted by Crippen LogP contribution is -2.35. The van der Waals surface area contributed by atoms with Crippen LogP contribution in [0.15, 0.2) is 12.3 Å². The quantitative estimate of drug-likeness (QED) is 0.939. The zero-order chi connectivity index (χ0) is 15.8. The van der Waals surface area contributed by atoms with Crippen molar-refractivity contribution in [3.8, 4) is 5.82 Å². The van der Waals surface area contributed by atoms with Gasteiger partial charge in [0, 0.05) is 24.0 Å². The monoisotopic (exact) mass is 306 g/mol. The van der Waals surface area contributed by atoms with E-state index in [1.165, 1.54) is 5.56 Å². The van der Waals surface area contributed by atoms with Gasteiger partial charge in [0.25, 0.3) is 0 Å². The molecule has 0 amide bonds. The summed E-state index contributed by atoms with van der Waals surface area (Å²) in [4.78, 5) is 4.41. The van der Waals surface area contributed by atoms with E-state index in [4.69, 9.17) is 11.6 Å². The molecule has 21 heavy (non-hydrogen) atoms. The number of rotatable bonds is 3. The van der Waals surface area contributed by atoms with Crippen LogP contribution in [0.25, 0.3) is 5.82 Å². The highest BCUT2D eigenvalue weighted by molar-refractivity contribution is 6.31. The Balaban J connectivity index is 2.36. The first-order valence-corrected chi connectivity index (χ1v) is 7.49. The van der Waals surface area contributed by atoms with Gasteiger partial charge in [-0.2, -0.15) is 5.10 Å². The molecule has 0 aliphatic heterocycles. The van der Waals surface area contributed by atoms with E-state index in [0.717, 1.165) is 22.8 Å². The lowest BCUT2D eigenvalue weighted by atomic mass is 10.1. The molecule has 0 atom stereocenters. The van der Waals surface area contributed by atoms with E-state index in [1.54, 1.807) is 6.20 Å². The van der Waals surface area contributed by atoms with E-state index in [-0.39, 0.29) is 5.54 Å². The Bertz CT molecular complexity index is 653. The zero-order valence-electron chi connectivity index (χ0n) is 13.6. The van der Waals surface area contributed by atoms with Gasteiger partial charge >= 0.3 is 0 Å². The van der Waals surface area contributed by atoms with Crippen LogP contribution in [0.2, 0.25) is 5.02 Å². The second-order valence-electron chi connectivity index (χ2n) is 6.45. The minimum Gasteiger partial charge on any atom is -0.308 e. The maximum absolute atomic E-state index is 6.26. The molecule has 1 N–H and O–H groups in total. The van der Waals surface area contributed by atoms with Gasteiger partial charge in [0.05, 0.1) is 10.7 Å². The van der Waals surface area contributed by atoms with Crippen molar-refractivity contribution in [3.63, 3.8) is 0 Å². The molecule has 2 aromatic rings. The normalized spacial score (nSPS) is 12.0. The Morgan fingerprint density at radius 1 is 1.24 bits per heavy atom. The van der Waals surface area contributed by atoms with Crippen molar-refractivity contribution in [2.75, 3.05) is 0 Å². The SMILES string of the molecule is Cc1nn(-c2cc(CNC(C)(C)C)c(Cl)cn2)c(C)c1C. The molecule has 0 aliphatic rings. The van der Waals surface area contributed by atoms with Gasteiger partial charge in [0.15, 0.2) is 5.82 Å². The molecule has 0 aliphatic carbocycles. The number of aryl methyl sites for hydroxylation is 1. The van der Waals surface area contributed by atoms with Gasteiger partial charge in [-0.05, 0) is 58.7 Å². The fraction of sp³-hybridized carbons (Fsp3) is 0.500. The average Bonchev–Trinajstić information content (AvgIpc) is 2.65. The number of halogens is 1. The first-order valence-electron chi connectivity index (χ1n) is 7.11. The molecule has 0 bridgehead atoms. The second kappa shape index (κ2) is 5.78. The van der Waals surface area contributed by atoms with Crippen molar-refractivity contribution < 1.29 is 0 Å². The van der Waals surface area contributed by atoms with E-state index in [9.17, 15) is 0 Å². The smallest absolute Gasteiger partial charge is 0.154 e. The van der Waals surface area contributed by atoms with Crippen LogP contribution in [0.4, 0.5) is 0 Å². The predicted molar refractivity (Wildman–Crippen MR) is 87.2 cm³/mol. The van der Waals surface area contributed by atoms with Gasteiger partial charge in [-0.25, -0.2) is 9.67 Å². The van der Waals surface area contributed by atoms with E-state index < -0.39 is 0 Å². The Morgan fingerprint density at radius 2 is 1.90 bits per heavy atom. The van der Waals surface area contributed by atoms with Crippen molar-refractivity contribution in [1.82, 2.24) is 20.1 Å². The number of hydrogen-bond donors (Lipinski definition) is 1. The molecule has 2 heterocycles. The molecule has 114 valence electrons. The Hall–Kier alpha value is -1.39. The predicted octanol–water partition coefficient (Wildman–Crippen LogP) is 3.73. The largest absolute Gasteiger partial charge is 0.308 e. The third-order valence-electron chi connectivity index (χ3n) is 3.60. The van der Waals surface area contributed by atoms with E-state index in [2.05, 4.69) is 50.0 Å². The summed E-state index contributed by atoms with van der Waals surface area (Å²) in [6.07, 6.45) is 1.70. The summed E-state index contributed by atoms with van der Waals surface area (Å²) in [5.74, 6) is 0.804. The van der Waals surface area contributed by atoms with Crippen LogP contribution in [0.5, 0.6) is 0 Å². The summed E-state index contributed by atoms with van der Waals surface area (Å²) in [6.45, 7) is 13.2. The van der Waals surface area contributed by atoms with Crippen LogP contribution in [0.3, 0.4) is 0 Å². The Morgan fingerprint density at radius 3 is 2.43 bits per heavy atom. The summed E-state index contributed by atoms with van der Waals surface area (Å²) in [5, 5.41) is 8.67. The van der Waals surface area contributed by atoms with Gasteiger partial charge in [-0.3, -0.25) is 0 Å². The first-order chi connectivity index (χ1) is 9.69. The van der Waals surface area contributed by atoms with Crippen LogP contribution >= 0.6 is 11.6 Å². The molecule has 0 saturated heterocycles. The van der Waals surface area contributed by atoms with Gasteiger partial charge in [-0.1, -0.05) is 11.6 Å². The molecular formula is C16H23ClN4. The lowest BCUT2D eigenvalue weighted by Gasteiger charge is -2.21. The standard InChI is InChI=1S/C16H23ClN4/c1-10-11(2)20-21(12(10)3)15-7-13(14(17)9-18-15)8-19-16(4,5)6/h7,9,19H,8H2,1-6H3. The summed E-state index contributed by atoms with van der Waals surface area (Å²) in [6, 6.07) is 2.00. The molecule has 0 saturated carbocycles. The third-order valence-corrected chi connectivity index (χ3v) is 3.94. The molecule has 4 nitrogen and oxygen atoms in total. The van der Waals surface area contributed by atoms with Crippen LogP contribution in [-0.2, 0) is 6.54 Å². The fourth-order valence-corrected chi connectivity index (χ4v) is 2.19. The van der Waals surface area contributed by atoms with Crippen molar-refractivity contribution >= 4 is 11.6 Å². The first kappa shape index (κ1) is 16.0. The maximum atomic E-state index is 6.26. The molecule has 0 radical (unpaired) electrons.